The van der Waals surface area contributed by atoms with E-state index in [1.807, 2.05) is 0 Å². The number of carbonyl (C=O) groups is 1. The van der Waals surface area contributed by atoms with E-state index in [-0.39, 0.29) is 5.75 Å². The number of carboxylic acid groups (broad SMARTS) is 1. The van der Waals surface area contributed by atoms with Gasteiger partial charge in [-0.2, -0.15) is 0 Å². The molecule has 6 nitrogen and oxygen atoms in total. The molecule has 0 aliphatic rings. The van der Waals surface area contributed by atoms with Crippen LogP contribution in [0.5, 0.6) is 0 Å². The lowest BCUT2D eigenvalue weighted by molar-refractivity contribution is -0.133. The van der Waals surface area contributed by atoms with Gasteiger partial charge in [0.05, 0.1) is 10.8 Å². The Morgan fingerprint density at radius 3 is 2.89 bits per heavy atom. The lowest BCUT2D eigenvalue weighted by Gasteiger charge is -2.05. The van der Waals surface area contributed by atoms with Crippen LogP contribution in [0, 0.1) is 0 Å². The summed E-state index contributed by atoms with van der Waals surface area (Å²) in [6, 6.07) is 5.28. The van der Waals surface area contributed by atoms with Crippen molar-refractivity contribution in [2.75, 3.05) is 11.6 Å². The van der Waals surface area contributed by atoms with Crippen molar-refractivity contribution in [1.82, 2.24) is 14.9 Å². The minimum atomic E-state index is -0.948. The number of aromatic nitrogens is 3. The fourth-order valence-corrected chi connectivity index (χ4v) is 2.69. The Balaban J connectivity index is 2.33. The second kappa shape index (κ2) is 5.81. The van der Waals surface area contributed by atoms with Crippen LogP contribution in [-0.4, -0.2) is 31.7 Å². The zero-order valence-electron chi connectivity index (χ0n) is 9.38. The number of rotatable bonds is 4. The summed E-state index contributed by atoms with van der Waals surface area (Å²) in [5, 5.41) is 17.2. The Bertz CT molecular complexity index is 634. The number of carboxylic acids is 1. The van der Waals surface area contributed by atoms with Crippen LogP contribution >= 0.6 is 39.3 Å². The van der Waals surface area contributed by atoms with Gasteiger partial charge in [-0.15, -0.1) is 10.2 Å². The number of hydrogen-bond acceptors (Lipinski definition) is 5. The highest BCUT2D eigenvalue weighted by Gasteiger charge is 2.15. The summed E-state index contributed by atoms with van der Waals surface area (Å²) in [4.78, 5) is 10.5. The molecule has 0 unspecified atom stereocenters. The van der Waals surface area contributed by atoms with Gasteiger partial charge in [0.2, 0.25) is 5.16 Å². The van der Waals surface area contributed by atoms with E-state index >= 15 is 0 Å². The van der Waals surface area contributed by atoms with Gasteiger partial charge in [0, 0.05) is 10.0 Å². The molecule has 0 saturated carbocycles. The van der Waals surface area contributed by atoms with Crippen molar-refractivity contribution in [3.63, 3.8) is 0 Å². The molecule has 0 bridgehead atoms. The van der Waals surface area contributed by atoms with E-state index < -0.39 is 5.97 Å². The van der Waals surface area contributed by atoms with E-state index in [9.17, 15) is 4.79 Å². The normalized spacial score (nSPS) is 10.6. The lowest BCUT2D eigenvalue weighted by atomic mass is 10.2. The molecule has 100 valence electrons. The first-order chi connectivity index (χ1) is 8.99. The highest BCUT2D eigenvalue weighted by molar-refractivity contribution is 9.10. The fraction of sp³-hybridized carbons (Fsp3) is 0.100. The average Bonchev–Trinajstić information content (AvgIpc) is 2.68. The molecule has 0 atom stereocenters. The van der Waals surface area contributed by atoms with E-state index in [4.69, 9.17) is 22.6 Å². The SMILES string of the molecule is Nn1c(SCC(=O)O)nnc1-c1ccc(Br)cc1Cl. The smallest absolute Gasteiger partial charge is 0.313 e. The van der Waals surface area contributed by atoms with Crippen LogP contribution in [0.25, 0.3) is 11.4 Å². The lowest BCUT2D eigenvalue weighted by Crippen LogP contribution is -2.12. The zero-order chi connectivity index (χ0) is 14.0. The Hall–Kier alpha value is -1.25. The molecule has 0 radical (unpaired) electrons. The number of benzene rings is 1. The first-order valence-electron chi connectivity index (χ1n) is 4.99. The predicted molar refractivity (Wildman–Crippen MR) is 76.7 cm³/mol. The van der Waals surface area contributed by atoms with Crippen molar-refractivity contribution in [3.8, 4) is 11.4 Å². The number of aliphatic carboxylic acids is 1. The first kappa shape index (κ1) is 14.2. The van der Waals surface area contributed by atoms with Crippen LogP contribution in [0.2, 0.25) is 5.02 Å². The molecule has 2 rings (SSSR count). The van der Waals surface area contributed by atoms with E-state index in [1.54, 1.807) is 18.2 Å². The van der Waals surface area contributed by atoms with Crippen molar-refractivity contribution in [2.24, 2.45) is 0 Å². The maximum Gasteiger partial charge on any atom is 0.313 e. The Kier molecular flexibility index (Phi) is 4.33. The first-order valence-corrected chi connectivity index (χ1v) is 7.15. The molecule has 1 heterocycles. The minimum absolute atomic E-state index is 0.136. The summed E-state index contributed by atoms with van der Waals surface area (Å²) in [5.74, 6) is 5.13. The molecule has 19 heavy (non-hydrogen) atoms. The van der Waals surface area contributed by atoms with Crippen molar-refractivity contribution < 1.29 is 9.90 Å². The molecule has 0 amide bonds. The summed E-state index contributed by atoms with van der Waals surface area (Å²) < 4.78 is 2.06. The van der Waals surface area contributed by atoms with Gasteiger partial charge in [0.25, 0.3) is 0 Å². The Morgan fingerprint density at radius 1 is 1.53 bits per heavy atom. The summed E-state index contributed by atoms with van der Waals surface area (Å²) in [5.41, 5.74) is 0.627. The second-order valence-electron chi connectivity index (χ2n) is 3.48. The maximum absolute atomic E-state index is 10.5. The van der Waals surface area contributed by atoms with Crippen molar-refractivity contribution in [1.29, 1.82) is 0 Å². The summed E-state index contributed by atoms with van der Waals surface area (Å²) >= 11 is 10.4. The van der Waals surface area contributed by atoms with Crippen LogP contribution in [0.15, 0.2) is 27.8 Å². The molecule has 1 aromatic carbocycles. The van der Waals surface area contributed by atoms with Gasteiger partial charge < -0.3 is 10.9 Å². The quantitative estimate of drug-likeness (QED) is 0.639. The molecule has 0 aliphatic heterocycles. The molecule has 2 aromatic rings. The predicted octanol–water partition coefficient (Wildman–Crippen LogP) is 2.25. The third-order valence-electron chi connectivity index (χ3n) is 2.16. The average molecular weight is 364 g/mol. The molecule has 0 fully saturated rings. The molecule has 0 aliphatic carbocycles. The topological polar surface area (TPSA) is 94.0 Å². The number of nitrogens with two attached hydrogens (primary N) is 1. The van der Waals surface area contributed by atoms with Crippen LogP contribution in [-0.2, 0) is 4.79 Å². The molecule has 0 saturated heterocycles. The number of nitrogens with zero attached hydrogens (tertiary/aromatic N) is 3. The van der Waals surface area contributed by atoms with Crippen molar-refractivity contribution in [2.45, 2.75) is 5.16 Å². The van der Waals surface area contributed by atoms with Gasteiger partial charge >= 0.3 is 5.97 Å². The third kappa shape index (κ3) is 3.20. The number of hydrogen-bond donors (Lipinski definition) is 2. The summed E-state index contributed by atoms with van der Waals surface area (Å²) in [6.07, 6.45) is 0. The number of halogens is 2. The maximum atomic E-state index is 10.5. The molecule has 0 spiro atoms. The highest BCUT2D eigenvalue weighted by atomic mass is 79.9. The van der Waals surface area contributed by atoms with Gasteiger partial charge in [-0.3, -0.25) is 4.79 Å². The standard InChI is InChI=1S/C10H8BrClN4O2S/c11-5-1-2-6(7(12)3-5)9-14-15-10(16(9)13)19-4-8(17)18/h1-3H,4,13H2,(H,17,18). The van der Waals surface area contributed by atoms with Gasteiger partial charge in [-0.25, -0.2) is 4.68 Å². The van der Waals surface area contributed by atoms with Crippen LogP contribution in [0.1, 0.15) is 0 Å². The van der Waals surface area contributed by atoms with E-state index in [0.717, 1.165) is 16.2 Å². The molecule has 1 aromatic heterocycles. The van der Waals surface area contributed by atoms with Crippen LogP contribution < -0.4 is 5.84 Å². The monoisotopic (exact) mass is 362 g/mol. The molecule has 3 N–H and O–H groups in total. The summed E-state index contributed by atoms with van der Waals surface area (Å²) in [6.45, 7) is 0. The largest absolute Gasteiger partial charge is 0.481 e. The second-order valence-corrected chi connectivity index (χ2v) is 5.75. The van der Waals surface area contributed by atoms with E-state index in [0.29, 0.717) is 21.6 Å². The third-order valence-corrected chi connectivity index (χ3v) is 3.90. The minimum Gasteiger partial charge on any atom is -0.481 e. The molecular formula is C10H8BrClN4O2S. The van der Waals surface area contributed by atoms with Crippen molar-refractivity contribution >= 4 is 45.3 Å². The molecular weight excluding hydrogens is 356 g/mol. The highest BCUT2D eigenvalue weighted by Crippen LogP contribution is 2.30. The van der Waals surface area contributed by atoms with Crippen LogP contribution in [0.3, 0.4) is 0 Å². The zero-order valence-corrected chi connectivity index (χ0v) is 12.5. The Labute approximate surface area is 126 Å². The van der Waals surface area contributed by atoms with E-state index in [1.165, 1.54) is 4.68 Å². The van der Waals surface area contributed by atoms with Crippen LogP contribution in [0.4, 0.5) is 0 Å². The van der Waals surface area contributed by atoms with Gasteiger partial charge in [0.15, 0.2) is 5.82 Å². The van der Waals surface area contributed by atoms with Gasteiger partial charge in [-0.1, -0.05) is 39.3 Å². The fourth-order valence-electron chi connectivity index (χ4n) is 1.36. The number of thioether (sulfide) groups is 1. The summed E-state index contributed by atoms with van der Waals surface area (Å²) in [7, 11) is 0. The van der Waals surface area contributed by atoms with Gasteiger partial charge in [-0.05, 0) is 18.2 Å². The number of nitrogen functional groups attached to an aromatic ring is 1. The van der Waals surface area contributed by atoms with E-state index in [2.05, 4.69) is 26.1 Å². The van der Waals surface area contributed by atoms with Gasteiger partial charge in [0.1, 0.15) is 0 Å². The van der Waals surface area contributed by atoms with Crippen molar-refractivity contribution in [3.05, 3.63) is 27.7 Å². The Morgan fingerprint density at radius 2 is 2.26 bits per heavy atom. The molecule has 9 heteroatoms.